The van der Waals surface area contributed by atoms with Crippen LogP contribution in [0, 0.1) is 0 Å². The van der Waals surface area contributed by atoms with Crippen LogP contribution in [0.4, 0.5) is 0 Å². The van der Waals surface area contributed by atoms with Crippen molar-refractivity contribution < 1.29 is 4.79 Å². The van der Waals surface area contributed by atoms with E-state index in [1.807, 2.05) is 30.3 Å². The van der Waals surface area contributed by atoms with Crippen LogP contribution in [0.5, 0.6) is 0 Å². The van der Waals surface area contributed by atoms with Crippen molar-refractivity contribution >= 4 is 5.91 Å². The Morgan fingerprint density at radius 1 is 1.32 bits per heavy atom. The molecule has 0 aliphatic rings. The van der Waals surface area contributed by atoms with E-state index in [1.165, 1.54) is 0 Å². The number of amides is 1. The third-order valence-electron chi connectivity index (χ3n) is 2.98. The minimum Gasteiger partial charge on any atom is -0.368 e. The number of hydrogen-bond acceptors (Lipinski definition) is 4. The fourth-order valence-corrected chi connectivity index (χ4v) is 1.60. The van der Waals surface area contributed by atoms with Gasteiger partial charge in [-0.05, 0) is 13.8 Å². The van der Waals surface area contributed by atoms with E-state index < -0.39 is 11.4 Å². The summed E-state index contributed by atoms with van der Waals surface area (Å²) < 4.78 is 0. The molecule has 6 heteroatoms. The molecule has 1 aromatic heterocycles. The van der Waals surface area contributed by atoms with E-state index in [1.54, 1.807) is 13.8 Å². The van der Waals surface area contributed by atoms with Crippen LogP contribution >= 0.6 is 0 Å². The average molecular weight is 259 g/mol. The number of hydrogen-bond donors (Lipinski definition) is 3. The van der Waals surface area contributed by atoms with E-state index >= 15 is 0 Å². The minimum atomic E-state index is -0.785. The highest BCUT2D eigenvalue weighted by Crippen LogP contribution is 2.19. The molecular formula is C13H17N5O. The molecule has 0 spiro atoms. The fraction of sp³-hybridized carbons (Fsp3) is 0.308. The molecule has 1 amide bonds. The van der Waals surface area contributed by atoms with Crippen LogP contribution in [0.1, 0.15) is 19.5 Å². The van der Waals surface area contributed by atoms with Crippen LogP contribution in [0.15, 0.2) is 30.3 Å². The zero-order valence-corrected chi connectivity index (χ0v) is 11.0. The zero-order chi connectivity index (χ0) is 13.9. The number of nitrogens with two attached hydrogens (primary N) is 1. The zero-order valence-electron chi connectivity index (χ0n) is 11.0. The molecule has 0 radical (unpaired) electrons. The van der Waals surface area contributed by atoms with Gasteiger partial charge in [0.1, 0.15) is 11.4 Å². The average Bonchev–Trinajstić information content (AvgIpc) is 2.85. The van der Waals surface area contributed by atoms with E-state index in [9.17, 15) is 4.79 Å². The van der Waals surface area contributed by atoms with E-state index in [2.05, 4.69) is 20.7 Å². The van der Waals surface area contributed by atoms with E-state index in [0.717, 1.165) is 17.0 Å². The molecule has 0 atom stereocenters. The van der Waals surface area contributed by atoms with Crippen molar-refractivity contribution in [2.24, 2.45) is 5.73 Å². The Morgan fingerprint density at radius 3 is 2.63 bits per heavy atom. The van der Waals surface area contributed by atoms with Gasteiger partial charge in [-0.1, -0.05) is 30.3 Å². The molecule has 100 valence electrons. The molecule has 0 unspecified atom stereocenters. The molecule has 0 saturated heterocycles. The number of benzene rings is 1. The van der Waals surface area contributed by atoms with Crippen molar-refractivity contribution in [1.29, 1.82) is 0 Å². The van der Waals surface area contributed by atoms with Gasteiger partial charge in [0.05, 0.1) is 5.54 Å². The summed E-state index contributed by atoms with van der Waals surface area (Å²) in [5.41, 5.74) is 7.03. The lowest BCUT2D eigenvalue weighted by molar-refractivity contribution is -0.123. The molecular weight excluding hydrogens is 242 g/mol. The first-order valence-electron chi connectivity index (χ1n) is 6.01. The second-order valence-electron chi connectivity index (χ2n) is 4.83. The quantitative estimate of drug-likeness (QED) is 0.740. The second-order valence-corrected chi connectivity index (χ2v) is 4.83. The van der Waals surface area contributed by atoms with Crippen molar-refractivity contribution in [3.8, 4) is 11.3 Å². The second kappa shape index (κ2) is 5.19. The molecule has 4 N–H and O–H groups in total. The van der Waals surface area contributed by atoms with Gasteiger partial charge in [-0.15, -0.1) is 0 Å². The highest BCUT2D eigenvalue weighted by atomic mass is 16.1. The van der Waals surface area contributed by atoms with E-state index in [-0.39, 0.29) is 0 Å². The Morgan fingerprint density at radius 2 is 2.00 bits per heavy atom. The Hall–Kier alpha value is -2.21. The molecule has 1 heterocycles. The van der Waals surface area contributed by atoms with Crippen molar-refractivity contribution in [3.05, 3.63) is 36.0 Å². The maximum Gasteiger partial charge on any atom is 0.237 e. The maximum atomic E-state index is 11.3. The summed E-state index contributed by atoms with van der Waals surface area (Å²) in [6.45, 7) is 3.88. The Labute approximate surface area is 111 Å². The third kappa shape index (κ3) is 2.97. The molecule has 0 aliphatic carbocycles. The lowest BCUT2D eigenvalue weighted by atomic mass is 10.0. The molecule has 0 bridgehead atoms. The number of aromatic amines is 1. The maximum absolute atomic E-state index is 11.3. The third-order valence-corrected chi connectivity index (χ3v) is 2.98. The van der Waals surface area contributed by atoms with Crippen LogP contribution in [0.3, 0.4) is 0 Å². The molecule has 0 fully saturated rings. The highest BCUT2D eigenvalue weighted by molar-refractivity contribution is 5.83. The van der Waals surface area contributed by atoms with Crippen LogP contribution in [0.2, 0.25) is 0 Å². The number of carbonyl (C=O) groups is 1. The summed E-state index contributed by atoms with van der Waals surface area (Å²) in [7, 11) is 0. The predicted octanol–water partition coefficient (Wildman–Crippen LogP) is 0.825. The number of H-pyrrole nitrogens is 1. The Balaban J connectivity index is 2.16. The number of nitrogens with one attached hydrogen (secondary N) is 2. The first-order valence-corrected chi connectivity index (χ1v) is 6.01. The van der Waals surface area contributed by atoms with Gasteiger partial charge in [0.25, 0.3) is 0 Å². The molecule has 1 aromatic carbocycles. The summed E-state index contributed by atoms with van der Waals surface area (Å²) >= 11 is 0. The lowest BCUT2D eigenvalue weighted by Gasteiger charge is -2.21. The van der Waals surface area contributed by atoms with E-state index in [4.69, 9.17) is 5.73 Å². The monoisotopic (exact) mass is 259 g/mol. The molecule has 6 nitrogen and oxygen atoms in total. The first-order chi connectivity index (χ1) is 9.00. The summed E-state index contributed by atoms with van der Waals surface area (Å²) in [4.78, 5) is 11.3. The number of carbonyl (C=O) groups excluding carboxylic acids is 1. The van der Waals surface area contributed by atoms with Crippen LogP contribution in [0.25, 0.3) is 11.3 Å². The van der Waals surface area contributed by atoms with Gasteiger partial charge in [0, 0.05) is 12.1 Å². The smallest absolute Gasteiger partial charge is 0.237 e. The summed E-state index contributed by atoms with van der Waals surface area (Å²) in [6, 6.07) is 9.74. The van der Waals surface area contributed by atoms with Gasteiger partial charge in [0.15, 0.2) is 0 Å². The van der Waals surface area contributed by atoms with Gasteiger partial charge in [-0.2, -0.15) is 15.4 Å². The van der Waals surface area contributed by atoms with Gasteiger partial charge in [-0.3, -0.25) is 10.1 Å². The van der Waals surface area contributed by atoms with E-state index in [0.29, 0.717) is 6.54 Å². The van der Waals surface area contributed by atoms with Gasteiger partial charge in [-0.25, -0.2) is 0 Å². The number of rotatable bonds is 5. The number of primary amides is 1. The molecule has 2 aromatic rings. The Kier molecular flexibility index (Phi) is 3.62. The topological polar surface area (TPSA) is 96.7 Å². The summed E-state index contributed by atoms with van der Waals surface area (Å²) in [5, 5.41) is 13.9. The standard InChI is InChI=1S/C13H17N5O/c1-13(2,12(14)19)15-8-10-11(17-18-16-10)9-6-4-3-5-7-9/h3-7,15H,8H2,1-2H3,(H2,14,19)(H,16,17,18). The van der Waals surface area contributed by atoms with Gasteiger partial charge >= 0.3 is 0 Å². The van der Waals surface area contributed by atoms with Crippen molar-refractivity contribution in [3.63, 3.8) is 0 Å². The lowest BCUT2D eigenvalue weighted by Crippen LogP contribution is -2.50. The Bertz CT molecular complexity index is 561. The van der Waals surface area contributed by atoms with Gasteiger partial charge in [0.2, 0.25) is 5.91 Å². The highest BCUT2D eigenvalue weighted by Gasteiger charge is 2.24. The van der Waals surface area contributed by atoms with Crippen molar-refractivity contribution in [2.45, 2.75) is 25.9 Å². The number of nitrogens with zero attached hydrogens (tertiary/aromatic N) is 2. The van der Waals surface area contributed by atoms with Crippen LogP contribution in [-0.4, -0.2) is 26.9 Å². The fourth-order valence-electron chi connectivity index (χ4n) is 1.60. The number of aromatic nitrogens is 3. The minimum absolute atomic E-state index is 0.405. The summed E-state index contributed by atoms with van der Waals surface area (Å²) in [5.74, 6) is -0.405. The first kappa shape index (κ1) is 13.2. The van der Waals surface area contributed by atoms with Crippen molar-refractivity contribution in [2.75, 3.05) is 0 Å². The molecule has 0 saturated carbocycles. The predicted molar refractivity (Wildman–Crippen MR) is 71.9 cm³/mol. The van der Waals surface area contributed by atoms with Crippen LogP contribution in [-0.2, 0) is 11.3 Å². The SMILES string of the molecule is CC(C)(NCc1n[nH]nc1-c1ccccc1)C(N)=O. The molecule has 19 heavy (non-hydrogen) atoms. The molecule has 0 aliphatic heterocycles. The van der Waals surface area contributed by atoms with Crippen LogP contribution < -0.4 is 11.1 Å². The largest absolute Gasteiger partial charge is 0.368 e. The van der Waals surface area contributed by atoms with Crippen molar-refractivity contribution in [1.82, 2.24) is 20.7 Å². The molecule has 2 rings (SSSR count). The van der Waals surface area contributed by atoms with Gasteiger partial charge < -0.3 is 5.73 Å². The normalized spacial score (nSPS) is 11.5. The summed E-state index contributed by atoms with van der Waals surface area (Å²) in [6.07, 6.45) is 0.